The summed E-state index contributed by atoms with van der Waals surface area (Å²) in [6.45, 7) is 8.12. The number of aliphatic hydroxyl groups excluding tert-OH is 1. The molecule has 0 spiro atoms. The van der Waals surface area contributed by atoms with Crippen LogP contribution in [0.25, 0.3) is 22.0 Å². The molecule has 10 heteroatoms. The Bertz CT molecular complexity index is 1590. The molecule has 3 heterocycles. The van der Waals surface area contributed by atoms with Crippen LogP contribution in [0.3, 0.4) is 0 Å². The van der Waals surface area contributed by atoms with Gasteiger partial charge in [-0.15, -0.1) is 0 Å². The van der Waals surface area contributed by atoms with Crippen molar-refractivity contribution < 1.29 is 24.0 Å². The number of nitrogens with zero attached hydrogens (tertiary/aromatic N) is 4. The Balaban J connectivity index is 1.54. The van der Waals surface area contributed by atoms with Gasteiger partial charge in [-0.1, -0.05) is 54.5 Å². The topological polar surface area (TPSA) is 113 Å². The molecule has 1 aliphatic heterocycles. The van der Waals surface area contributed by atoms with Crippen molar-refractivity contribution in [3.05, 3.63) is 71.2 Å². The molecule has 0 aliphatic carbocycles. The number of amides is 3. The highest BCUT2D eigenvalue weighted by atomic mass is 16.5. The molecule has 2 aromatic carbocycles. The molecule has 0 saturated heterocycles. The average Bonchev–Trinajstić information content (AvgIpc) is 3.47. The highest BCUT2D eigenvalue weighted by Crippen LogP contribution is 2.38. The normalized spacial score (nSPS) is 18.3. The Kier molecular flexibility index (Phi) is 8.38. The van der Waals surface area contributed by atoms with Crippen molar-refractivity contribution in [2.45, 2.75) is 46.4 Å². The third kappa shape index (κ3) is 5.39. The number of aromatic nitrogens is 2. The van der Waals surface area contributed by atoms with E-state index in [0.29, 0.717) is 36.0 Å². The zero-order valence-corrected chi connectivity index (χ0v) is 25.0. The SMILES string of the molecule is Cc1noc(C)c1NC(=O)N(C)C[C@@H]1OCc2ccccc2-c2c(n(C)c3ccccc23)C(=O)N([C@H](C)CO)C[C@@H]1C. The molecule has 5 rings (SSSR count). The number of benzene rings is 2. The summed E-state index contributed by atoms with van der Waals surface area (Å²) in [6.07, 6.45) is -0.405. The van der Waals surface area contributed by atoms with E-state index >= 15 is 0 Å². The molecular formula is C32H39N5O5. The van der Waals surface area contributed by atoms with Crippen molar-refractivity contribution >= 4 is 28.5 Å². The maximum absolute atomic E-state index is 14.5. The number of hydrogen-bond donors (Lipinski definition) is 2. The lowest BCUT2D eigenvalue weighted by molar-refractivity contribution is -0.0179. The predicted molar refractivity (Wildman–Crippen MR) is 161 cm³/mol. The molecule has 2 aromatic heterocycles. The molecule has 10 nitrogen and oxygen atoms in total. The van der Waals surface area contributed by atoms with Crippen LogP contribution in [0, 0.1) is 19.8 Å². The molecule has 222 valence electrons. The van der Waals surface area contributed by atoms with E-state index in [4.69, 9.17) is 9.26 Å². The molecule has 4 aromatic rings. The molecule has 1 aliphatic rings. The first-order valence-corrected chi connectivity index (χ1v) is 14.3. The lowest BCUT2D eigenvalue weighted by Gasteiger charge is -2.35. The second kappa shape index (κ2) is 12.0. The highest BCUT2D eigenvalue weighted by Gasteiger charge is 2.34. The standard InChI is InChI=1S/C32H39N5O5/c1-19-15-37(20(2)17-38)31(39)30-28(25-13-9-10-14-26(25)36(30)6)24-12-8-7-11-23(24)18-41-27(19)16-35(5)32(40)33-29-21(3)34-42-22(29)4/h7-14,19-20,27,38H,15-18H2,1-6H3,(H,33,40)/t19-,20+,27-/m0/s1. The van der Waals surface area contributed by atoms with Gasteiger partial charge in [-0.25, -0.2) is 4.79 Å². The van der Waals surface area contributed by atoms with Crippen LogP contribution in [0.5, 0.6) is 0 Å². The minimum Gasteiger partial charge on any atom is -0.394 e. The van der Waals surface area contributed by atoms with Crippen LogP contribution in [0.2, 0.25) is 0 Å². The Labute approximate surface area is 245 Å². The maximum Gasteiger partial charge on any atom is 0.321 e. The molecule has 0 fully saturated rings. The van der Waals surface area contributed by atoms with Gasteiger partial charge < -0.3 is 34.1 Å². The number of carbonyl (C=O) groups is 2. The van der Waals surface area contributed by atoms with Crippen LogP contribution >= 0.6 is 0 Å². The fourth-order valence-corrected chi connectivity index (χ4v) is 5.74. The number of carbonyl (C=O) groups excluding carboxylic acids is 2. The lowest BCUT2D eigenvalue weighted by Crippen LogP contribution is -2.48. The Hall–Kier alpha value is -4.15. The number of rotatable bonds is 5. The van der Waals surface area contributed by atoms with Gasteiger partial charge in [-0.2, -0.15) is 0 Å². The first-order valence-electron chi connectivity index (χ1n) is 14.3. The second-order valence-corrected chi connectivity index (χ2v) is 11.3. The monoisotopic (exact) mass is 573 g/mol. The van der Waals surface area contributed by atoms with E-state index in [1.54, 1.807) is 30.7 Å². The van der Waals surface area contributed by atoms with Gasteiger partial charge in [0.25, 0.3) is 5.91 Å². The first kappa shape index (κ1) is 29.3. The summed E-state index contributed by atoms with van der Waals surface area (Å²) in [5, 5.41) is 18.0. The highest BCUT2D eigenvalue weighted by molar-refractivity contribution is 6.10. The number of fused-ring (bicyclic) bond motifs is 5. The summed E-state index contributed by atoms with van der Waals surface area (Å²) in [5.41, 5.74) is 5.41. The number of urea groups is 1. The zero-order chi connectivity index (χ0) is 30.1. The van der Waals surface area contributed by atoms with Crippen molar-refractivity contribution in [2.24, 2.45) is 13.0 Å². The molecule has 3 atom stereocenters. The van der Waals surface area contributed by atoms with Gasteiger partial charge in [-0.05, 0) is 38.0 Å². The number of likely N-dealkylation sites (N-methyl/N-ethyl adjacent to an activating group) is 1. The van der Waals surface area contributed by atoms with Crippen LogP contribution < -0.4 is 5.32 Å². The number of hydrogen-bond acceptors (Lipinski definition) is 6. The van der Waals surface area contributed by atoms with Gasteiger partial charge in [0.1, 0.15) is 17.1 Å². The van der Waals surface area contributed by atoms with Crippen molar-refractivity contribution in [1.82, 2.24) is 19.5 Å². The van der Waals surface area contributed by atoms with Gasteiger partial charge in [0.15, 0.2) is 5.76 Å². The van der Waals surface area contributed by atoms with E-state index in [-0.39, 0.29) is 31.0 Å². The van der Waals surface area contributed by atoms with E-state index in [1.165, 1.54) is 0 Å². The second-order valence-electron chi connectivity index (χ2n) is 11.3. The van der Waals surface area contributed by atoms with Crippen LogP contribution in [0.4, 0.5) is 10.5 Å². The maximum atomic E-state index is 14.5. The van der Waals surface area contributed by atoms with Gasteiger partial charge >= 0.3 is 6.03 Å². The number of aliphatic hydroxyl groups is 1. The van der Waals surface area contributed by atoms with E-state index in [9.17, 15) is 14.7 Å². The van der Waals surface area contributed by atoms with E-state index in [0.717, 1.165) is 27.6 Å². The minimum atomic E-state index is -0.428. The van der Waals surface area contributed by atoms with Crippen molar-refractivity contribution in [1.29, 1.82) is 0 Å². The van der Waals surface area contributed by atoms with Gasteiger partial charge in [0.05, 0.1) is 25.4 Å². The molecule has 0 radical (unpaired) electrons. The Morgan fingerprint density at radius 3 is 2.62 bits per heavy atom. The summed E-state index contributed by atoms with van der Waals surface area (Å²) in [6, 6.07) is 15.2. The van der Waals surface area contributed by atoms with E-state index in [2.05, 4.69) is 10.5 Å². The average molecular weight is 574 g/mol. The van der Waals surface area contributed by atoms with Crippen LogP contribution in [0.1, 0.15) is 41.4 Å². The fourth-order valence-electron chi connectivity index (χ4n) is 5.74. The van der Waals surface area contributed by atoms with Crippen LogP contribution in [-0.2, 0) is 18.4 Å². The van der Waals surface area contributed by atoms with Crippen molar-refractivity contribution in [3.63, 3.8) is 0 Å². The molecule has 0 saturated carbocycles. The predicted octanol–water partition coefficient (Wildman–Crippen LogP) is 4.97. The minimum absolute atomic E-state index is 0.156. The smallest absolute Gasteiger partial charge is 0.321 e. The van der Waals surface area contributed by atoms with Gasteiger partial charge in [-0.3, -0.25) is 4.79 Å². The summed E-state index contributed by atoms with van der Waals surface area (Å²) >= 11 is 0. The lowest BCUT2D eigenvalue weighted by atomic mass is 9.96. The van der Waals surface area contributed by atoms with Crippen LogP contribution in [0.15, 0.2) is 53.1 Å². The Morgan fingerprint density at radius 2 is 1.90 bits per heavy atom. The molecule has 0 bridgehead atoms. The first-order chi connectivity index (χ1) is 20.1. The quantitative estimate of drug-likeness (QED) is 0.349. The van der Waals surface area contributed by atoms with Gasteiger partial charge in [0.2, 0.25) is 0 Å². The number of nitrogens with one attached hydrogen (secondary N) is 1. The summed E-state index contributed by atoms with van der Waals surface area (Å²) < 4.78 is 13.7. The number of aryl methyl sites for hydroxylation is 3. The third-order valence-electron chi connectivity index (χ3n) is 8.29. The molecule has 3 amide bonds. The molecule has 42 heavy (non-hydrogen) atoms. The zero-order valence-electron chi connectivity index (χ0n) is 25.0. The molecular weight excluding hydrogens is 534 g/mol. The van der Waals surface area contributed by atoms with Crippen molar-refractivity contribution in [2.75, 3.05) is 32.1 Å². The summed E-state index contributed by atoms with van der Waals surface area (Å²) in [4.78, 5) is 30.9. The van der Waals surface area contributed by atoms with Gasteiger partial charge in [0, 0.05) is 49.6 Å². The molecule has 0 unspecified atom stereocenters. The van der Waals surface area contributed by atoms with E-state index in [1.807, 2.05) is 74.0 Å². The number of anilines is 1. The number of para-hydroxylation sites is 1. The number of ether oxygens (including phenoxy) is 1. The fraction of sp³-hybridized carbons (Fsp3) is 0.406. The summed E-state index contributed by atoms with van der Waals surface area (Å²) in [7, 11) is 3.63. The van der Waals surface area contributed by atoms with E-state index < -0.39 is 12.1 Å². The van der Waals surface area contributed by atoms with Crippen molar-refractivity contribution in [3.8, 4) is 11.1 Å². The Morgan fingerprint density at radius 1 is 1.19 bits per heavy atom. The molecule has 2 N–H and O–H groups in total. The largest absolute Gasteiger partial charge is 0.394 e. The summed E-state index contributed by atoms with van der Waals surface area (Å²) in [5.74, 6) is 0.211. The third-order valence-corrected chi connectivity index (χ3v) is 8.29. The van der Waals surface area contributed by atoms with Crippen LogP contribution in [-0.4, -0.2) is 75.5 Å².